The van der Waals surface area contributed by atoms with Crippen LogP contribution in [-0.4, -0.2) is 63.9 Å². The second-order valence-corrected chi connectivity index (χ2v) is 9.17. The second kappa shape index (κ2) is 9.65. The van der Waals surface area contributed by atoms with E-state index in [1.807, 2.05) is 11.6 Å². The van der Waals surface area contributed by atoms with Gasteiger partial charge in [0.25, 0.3) is 0 Å². The number of aromatic nitrogens is 3. The highest BCUT2D eigenvalue weighted by atomic mass is 32.2. The van der Waals surface area contributed by atoms with E-state index in [1.54, 1.807) is 30.8 Å². The molecule has 29 heavy (non-hydrogen) atoms. The second-order valence-electron chi connectivity index (χ2n) is 6.10. The average molecular weight is 455 g/mol. The number of alkyl halides is 3. The Labute approximate surface area is 169 Å². The zero-order chi connectivity index (χ0) is 21.7. The van der Waals surface area contributed by atoms with Crippen molar-refractivity contribution in [3.8, 4) is 0 Å². The minimum Gasteiger partial charge on any atom is -0.475 e. The summed E-state index contributed by atoms with van der Waals surface area (Å²) in [7, 11) is -3.18. The number of nitrogens with one attached hydrogen (secondary N) is 1. The van der Waals surface area contributed by atoms with Crippen molar-refractivity contribution in [2.75, 3.05) is 18.8 Å². The van der Waals surface area contributed by atoms with Crippen molar-refractivity contribution < 1.29 is 31.5 Å². The predicted octanol–water partition coefficient (Wildman–Crippen LogP) is 1.47. The molecule has 162 valence electrons. The molecular formula is C15H20F3N5O4S2. The SMILES string of the molecule is CCS(=O)(=O)NCC1CN(Cc2nccs2)Cc2cncn21.O=C(O)C(F)(F)F. The molecule has 3 heterocycles. The maximum absolute atomic E-state index is 11.7. The molecule has 3 rings (SSSR count). The first kappa shape index (κ1) is 23.3. The third-order valence-electron chi connectivity index (χ3n) is 4.00. The van der Waals surface area contributed by atoms with Crippen LogP contribution in [-0.2, 0) is 27.9 Å². The number of imidazole rings is 1. The van der Waals surface area contributed by atoms with Crippen LogP contribution in [0.4, 0.5) is 13.2 Å². The molecule has 0 saturated carbocycles. The Hall–Kier alpha value is -2.03. The third kappa shape index (κ3) is 7.06. The molecule has 2 N–H and O–H groups in total. The first-order valence-electron chi connectivity index (χ1n) is 8.40. The van der Waals surface area contributed by atoms with E-state index < -0.39 is 22.2 Å². The van der Waals surface area contributed by atoms with Gasteiger partial charge in [0.15, 0.2) is 0 Å². The Morgan fingerprint density at radius 2 is 2.14 bits per heavy atom. The molecule has 1 aliphatic rings. The quantitative estimate of drug-likeness (QED) is 0.677. The molecule has 0 amide bonds. The van der Waals surface area contributed by atoms with E-state index >= 15 is 0 Å². The molecule has 0 spiro atoms. The van der Waals surface area contributed by atoms with E-state index in [2.05, 4.69) is 24.2 Å². The van der Waals surface area contributed by atoms with Gasteiger partial charge >= 0.3 is 12.1 Å². The van der Waals surface area contributed by atoms with E-state index in [0.717, 1.165) is 30.3 Å². The van der Waals surface area contributed by atoms with Crippen LogP contribution in [0.5, 0.6) is 0 Å². The average Bonchev–Trinajstić information content (AvgIpc) is 3.31. The van der Waals surface area contributed by atoms with Crippen LogP contribution in [0.1, 0.15) is 23.7 Å². The zero-order valence-corrected chi connectivity index (χ0v) is 17.0. The van der Waals surface area contributed by atoms with Crippen molar-refractivity contribution in [3.05, 3.63) is 34.8 Å². The number of carbonyl (C=O) groups is 1. The first-order valence-corrected chi connectivity index (χ1v) is 10.9. The topological polar surface area (TPSA) is 117 Å². The molecule has 9 nitrogen and oxygen atoms in total. The summed E-state index contributed by atoms with van der Waals surface area (Å²) in [5.41, 5.74) is 1.10. The highest BCUT2D eigenvalue weighted by Crippen LogP contribution is 2.22. The van der Waals surface area contributed by atoms with Crippen molar-refractivity contribution in [1.82, 2.24) is 24.2 Å². The minimum absolute atomic E-state index is 0.0486. The van der Waals surface area contributed by atoms with Crippen LogP contribution in [0.15, 0.2) is 24.1 Å². The van der Waals surface area contributed by atoms with Crippen LogP contribution in [0.3, 0.4) is 0 Å². The van der Waals surface area contributed by atoms with E-state index in [9.17, 15) is 21.6 Å². The Morgan fingerprint density at radius 3 is 2.69 bits per heavy atom. The van der Waals surface area contributed by atoms with Crippen molar-refractivity contribution in [2.24, 2.45) is 0 Å². The lowest BCUT2D eigenvalue weighted by Gasteiger charge is -2.34. The Balaban J connectivity index is 0.000000370. The molecule has 1 aliphatic heterocycles. The van der Waals surface area contributed by atoms with Gasteiger partial charge in [-0.1, -0.05) is 0 Å². The number of carboxylic acid groups (broad SMARTS) is 1. The number of nitrogens with zero attached hydrogens (tertiary/aromatic N) is 4. The lowest BCUT2D eigenvalue weighted by atomic mass is 10.2. The predicted molar refractivity (Wildman–Crippen MR) is 98.6 cm³/mol. The number of carboxylic acids is 1. The number of thiazole rings is 1. The van der Waals surface area contributed by atoms with Gasteiger partial charge in [-0.2, -0.15) is 13.2 Å². The monoisotopic (exact) mass is 455 g/mol. The van der Waals surface area contributed by atoms with Gasteiger partial charge in [-0.05, 0) is 6.92 Å². The van der Waals surface area contributed by atoms with E-state index in [-0.39, 0.29) is 11.8 Å². The summed E-state index contributed by atoms with van der Waals surface area (Å²) in [4.78, 5) is 19.7. The molecule has 0 saturated heterocycles. The van der Waals surface area contributed by atoms with Crippen molar-refractivity contribution in [2.45, 2.75) is 32.2 Å². The van der Waals surface area contributed by atoms with Crippen LogP contribution in [0, 0.1) is 0 Å². The van der Waals surface area contributed by atoms with Crippen molar-refractivity contribution >= 4 is 27.3 Å². The maximum atomic E-state index is 11.7. The van der Waals surface area contributed by atoms with Crippen LogP contribution >= 0.6 is 11.3 Å². The lowest BCUT2D eigenvalue weighted by molar-refractivity contribution is -0.192. The molecule has 2 aromatic heterocycles. The molecule has 1 atom stereocenters. The number of hydrogen-bond acceptors (Lipinski definition) is 7. The van der Waals surface area contributed by atoms with Crippen LogP contribution in [0.25, 0.3) is 0 Å². The Bertz CT molecular complexity index is 899. The van der Waals surface area contributed by atoms with Gasteiger partial charge in [0, 0.05) is 37.4 Å². The van der Waals surface area contributed by atoms with E-state index in [1.165, 1.54) is 0 Å². The molecule has 0 radical (unpaired) electrons. The molecule has 2 aromatic rings. The zero-order valence-electron chi connectivity index (χ0n) is 15.3. The summed E-state index contributed by atoms with van der Waals surface area (Å²) in [5.74, 6) is -2.66. The number of hydrogen-bond donors (Lipinski definition) is 2. The molecule has 0 aromatic carbocycles. The largest absolute Gasteiger partial charge is 0.490 e. The van der Waals surface area contributed by atoms with Gasteiger partial charge in [0.05, 0.1) is 30.4 Å². The number of aliphatic carboxylic acids is 1. The van der Waals surface area contributed by atoms with E-state index in [0.29, 0.717) is 6.54 Å². The van der Waals surface area contributed by atoms with Crippen molar-refractivity contribution in [3.63, 3.8) is 0 Å². The van der Waals surface area contributed by atoms with Crippen molar-refractivity contribution in [1.29, 1.82) is 0 Å². The number of sulfonamides is 1. The normalized spacial score (nSPS) is 17.3. The van der Waals surface area contributed by atoms with Crippen LogP contribution in [0.2, 0.25) is 0 Å². The minimum atomic E-state index is -5.08. The van der Waals surface area contributed by atoms with Gasteiger partial charge in [-0.25, -0.2) is 27.9 Å². The van der Waals surface area contributed by atoms with Crippen LogP contribution < -0.4 is 4.72 Å². The Morgan fingerprint density at radius 1 is 1.45 bits per heavy atom. The third-order valence-corrected chi connectivity index (χ3v) is 6.13. The summed E-state index contributed by atoms with van der Waals surface area (Å²) in [5, 5.41) is 10.2. The number of halogens is 3. The molecule has 0 bridgehead atoms. The fraction of sp³-hybridized carbons (Fsp3) is 0.533. The summed E-state index contributed by atoms with van der Waals surface area (Å²) >= 11 is 1.64. The van der Waals surface area contributed by atoms with E-state index in [4.69, 9.17) is 9.90 Å². The standard InChI is InChI=1S/C13H19N5O2S2.C2HF3O2/c1-2-22(19,20)16-6-12-8-17(9-13-15-3-4-21-13)7-11-5-14-10-18(11)12;3-2(4,5)1(6)7/h3-5,10,12,16H,2,6-9H2,1H3;(H,6,7). The fourth-order valence-corrected chi connectivity index (χ4v) is 3.90. The summed E-state index contributed by atoms with van der Waals surface area (Å²) in [6.07, 6.45) is 0.345. The van der Waals surface area contributed by atoms with Gasteiger partial charge in [-0.15, -0.1) is 11.3 Å². The number of fused-ring (bicyclic) bond motifs is 1. The van der Waals surface area contributed by atoms with Gasteiger partial charge < -0.3 is 9.67 Å². The summed E-state index contributed by atoms with van der Waals surface area (Å²) < 4.78 is 59.8. The smallest absolute Gasteiger partial charge is 0.475 e. The molecule has 0 aliphatic carbocycles. The number of rotatable bonds is 6. The highest BCUT2D eigenvalue weighted by molar-refractivity contribution is 7.89. The van der Waals surface area contributed by atoms with Gasteiger partial charge in [0.1, 0.15) is 5.01 Å². The summed E-state index contributed by atoms with van der Waals surface area (Å²) in [6.45, 7) is 4.38. The highest BCUT2D eigenvalue weighted by Gasteiger charge is 2.38. The Kier molecular flexibility index (Phi) is 7.73. The van der Waals surface area contributed by atoms with Gasteiger partial charge in [0.2, 0.25) is 10.0 Å². The molecule has 1 unspecified atom stereocenters. The first-order chi connectivity index (χ1) is 13.5. The van der Waals surface area contributed by atoms with Gasteiger partial charge in [-0.3, -0.25) is 4.90 Å². The molecular weight excluding hydrogens is 435 g/mol. The maximum Gasteiger partial charge on any atom is 0.490 e. The fourth-order valence-electron chi connectivity index (χ4n) is 2.59. The summed E-state index contributed by atoms with van der Waals surface area (Å²) in [6, 6.07) is 0.0486. The molecule has 14 heteroatoms. The molecule has 0 fully saturated rings. The lowest BCUT2D eigenvalue weighted by Crippen LogP contribution is -2.42.